The second-order valence-corrected chi connectivity index (χ2v) is 5.74. The third-order valence-corrected chi connectivity index (χ3v) is 3.29. The minimum atomic E-state index is -4.89. The lowest BCUT2D eigenvalue weighted by atomic mass is 10.1. The van der Waals surface area contributed by atoms with Gasteiger partial charge in [-0.05, 0) is 24.6 Å². The maximum atomic E-state index is 12.6. The molecule has 0 aliphatic heterocycles. The van der Waals surface area contributed by atoms with E-state index in [-0.39, 0.29) is 5.56 Å². The molecule has 1 aromatic rings. The Bertz CT molecular complexity index is 602. The first-order chi connectivity index (χ1) is 7.57. The minimum absolute atomic E-state index is 0.123. The predicted molar refractivity (Wildman–Crippen MR) is 53.9 cm³/mol. The summed E-state index contributed by atoms with van der Waals surface area (Å²) in [6.07, 6.45) is -4.89. The predicted octanol–water partition coefficient (Wildman–Crippen LogP) is 2.81. The van der Waals surface area contributed by atoms with Crippen LogP contribution in [0.1, 0.15) is 16.7 Å². The average molecular weight is 284 g/mol. The van der Waals surface area contributed by atoms with Crippen molar-refractivity contribution in [1.29, 1.82) is 5.26 Å². The SMILES string of the molecule is Cc1cc(C#N)c(S(=O)(=O)Cl)c(C(F)(F)F)c1. The zero-order valence-corrected chi connectivity index (χ0v) is 9.91. The molecule has 0 heterocycles. The van der Waals surface area contributed by atoms with Crippen molar-refractivity contribution in [2.24, 2.45) is 0 Å². The van der Waals surface area contributed by atoms with Crippen LogP contribution in [0.5, 0.6) is 0 Å². The molecule has 0 bridgehead atoms. The zero-order chi connectivity index (χ0) is 13.4. The third-order valence-electron chi connectivity index (χ3n) is 1.90. The molecule has 0 aromatic heterocycles. The molecule has 92 valence electrons. The number of aryl methyl sites for hydroxylation is 1. The molecule has 0 aliphatic carbocycles. The molecule has 0 amide bonds. The number of hydrogen-bond donors (Lipinski definition) is 0. The van der Waals surface area contributed by atoms with E-state index >= 15 is 0 Å². The van der Waals surface area contributed by atoms with Crippen LogP contribution in [-0.2, 0) is 15.2 Å². The summed E-state index contributed by atoms with van der Waals surface area (Å²) in [5, 5.41) is 8.66. The summed E-state index contributed by atoms with van der Waals surface area (Å²) >= 11 is 0. The summed E-state index contributed by atoms with van der Waals surface area (Å²) in [6.45, 7) is 1.32. The van der Waals surface area contributed by atoms with Crippen molar-refractivity contribution in [3.05, 3.63) is 28.8 Å². The summed E-state index contributed by atoms with van der Waals surface area (Å²) in [6, 6.07) is 3.06. The van der Waals surface area contributed by atoms with Gasteiger partial charge in [0, 0.05) is 10.7 Å². The average Bonchev–Trinajstić information content (AvgIpc) is 2.12. The van der Waals surface area contributed by atoms with E-state index in [2.05, 4.69) is 0 Å². The van der Waals surface area contributed by atoms with Gasteiger partial charge in [-0.25, -0.2) is 8.42 Å². The van der Waals surface area contributed by atoms with Crippen molar-refractivity contribution in [2.75, 3.05) is 0 Å². The summed E-state index contributed by atoms with van der Waals surface area (Å²) in [5.74, 6) is 0. The Hall–Kier alpha value is -1.26. The van der Waals surface area contributed by atoms with E-state index in [9.17, 15) is 21.6 Å². The van der Waals surface area contributed by atoms with Crippen LogP contribution in [0.25, 0.3) is 0 Å². The van der Waals surface area contributed by atoms with Crippen molar-refractivity contribution in [3.8, 4) is 6.07 Å². The molecule has 0 spiro atoms. The molecular weight excluding hydrogens is 279 g/mol. The first-order valence-corrected chi connectivity index (χ1v) is 6.45. The maximum Gasteiger partial charge on any atom is 0.417 e. The van der Waals surface area contributed by atoms with Gasteiger partial charge in [0.1, 0.15) is 11.0 Å². The lowest BCUT2D eigenvalue weighted by molar-refractivity contribution is -0.139. The number of halogens is 4. The molecule has 0 saturated carbocycles. The van der Waals surface area contributed by atoms with Gasteiger partial charge < -0.3 is 0 Å². The van der Waals surface area contributed by atoms with Crippen LogP contribution in [0.15, 0.2) is 17.0 Å². The highest BCUT2D eigenvalue weighted by atomic mass is 35.7. The Balaban J connectivity index is 3.84. The van der Waals surface area contributed by atoms with Gasteiger partial charge >= 0.3 is 6.18 Å². The fourth-order valence-corrected chi connectivity index (χ4v) is 2.63. The van der Waals surface area contributed by atoms with Crippen LogP contribution in [0.3, 0.4) is 0 Å². The Labute approximate surface area is 99.8 Å². The number of benzene rings is 1. The van der Waals surface area contributed by atoms with E-state index in [1.165, 1.54) is 13.0 Å². The van der Waals surface area contributed by atoms with Gasteiger partial charge in [0.2, 0.25) is 0 Å². The van der Waals surface area contributed by atoms with Crippen LogP contribution in [0, 0.1) is 18.3 Å². The van der Waals surface area contributed by atoms with Gasteiger partial charge in [0.25, 0.3) is 9.05 Å². The highest BCUT2D eigenvalue weighted by Gasteiger charge is 2.38. The van der Waals surface area contributed by atoms with E-state index < -0.39 is 31.2 Å². The Morgan fingerprint density at radius 1 is 1.35 bits per heavy atom. The maximum absolute atomic E-state index is 12.6. The molecule has 0 fully saturated rings. The van der Waals surface area contributed by atoms with Crippen molar-refractivity contribution in [1.82, 2.24) is 0 Å². The molecule has 1 rings (SSSR count). The quantitative estimate of drug-likeness (QED) is 0.745. The number of nitrogens with zero attached hydrogens (tertiary/aromatic N) is 1. The number of nitriles is 1. The summed E-state index contributed by atoms with van der Waals surface area (Å²) in [7, 11) is 0.281. The normalized spacial score (nSPS) is 12.2. The summed E-state index contributed by atoms with van der Waals surface area (Å²) < 4.78 is 60.1. The second kappa shape index (κ2) is 4.20. The number of alkyl halides is 3. The van der Waals surface area contributed by atoms with Crippen molar-refractivity contribution in [2.45, 2.75) is 18.0 Å². The first kappa shape index (κ1) is 13.8. The van der Waals surface area contributed by atoms with Crippen molar-refractivity contribution >= 4 is 19.7 Å². The lowest BCUT2D eigenvalue weighted by Crippen LogP contribution is -2.13. The standard InChI is InChI=1S/C9H5ClF3NO2S/c1-5-2-6(4-14)8(17(10,15)16)7(3-5)9(11,12)13/h2-3H,1H3. The molecule has 0 saturated heterocycles. The van der Waals surface area contributed by atoms with E-state index in [1.807, 2.05) is 0 Å². The molecular formula is C9H5ClF3NO2S. The fourth-order valence-electron chi connectivity index (χ4n) is 1.33. The van der Waals surface area contributed by atoms with Gasteiger partial charge in [-0.1, -0.05) is 0 Å². The first-order valence-electron chi connectivity index (χ1n) is 4.14. The van der Waals surface area contributed by atoms with Gasteiger partial charge in [-0.2, -0.15) is 18.4 Å². The number of hydrogen-bond acceptors (Lipinski definition) is 3. The van der Waals surface area contributed by atoms with E-state index in [1.54, 1.807) is 0 Å². The van der Waals surface area contributed by atoms with Crippen LogP contribution < -0.4 is 0 Å². The van der Waals surface area contributed by atoms with Crippen LogP contribution in [0.4, 0.5) is 13.2 Å². The van der Waals surface area contributed by atoms with Crippen LogP contribution in [0.2, 0.25) is 0 Å². The monoisotopic (exact) mass is 283 g/mol. The second-order valence-electron chi connectivity index (χ2n) is 3.24. The van der Waals surface area contributed by atoms with Crippen LogP contribution in [-0.4, -0.2) is 8.42 Å². The minimum Gasteiger partial charge on any atom is -0.207 e. The Kier molecular flexibility index (Phi) is 3.41. The smallest absolute Gasteiger partial charge is 0.207 e. The highest BCUT2D eigenvalue weighted by Crippen LogP contribution is 2.37. The van der Waals surface area contributed by atoms with Gasteiger partial charge in [0.05, 0.1) is 11.1 Å². The van der Waals surface area contributed by atoms with E-state index in [0.717, 1.165) is 6.07 Å². The van der Waals surface area contributed by atoms with Crippen molar-refractivity contribution < 1.29 is 21.6 Å². The largest absolute Gasteiger partial charge is 0.417 e. The molecule has 0 aliphatic rings. The molecule has 0 atom stereocenters. The molecule has 1 aromatic carbocycles. The zero-order valence-electron chi connectivity index (χ0n) is 8.34. The molecule has 0 unspecified atom stereocenters. The van der Waals surface area contributed by atoms with Gasteiger partial charge in [0.15, 0.2) is 0 Å². The Morgan fingerprint density at radius 3 is 2.24 bits per heavy atom. The molecule has 3 nitrogen and oxygen atoms in total. The molecule has 17 heavy (non-hydrogen) atoms. The van der Waals surface area contributed by atoms with E-state index in [4.69, 9.17) is 15.9 Å². The van der Waals surface area contributed by atoms with Gasteiger partial charge in [-0.15, -0.1) is 0 Å². The summed E-state index contributed by atoms with van der Waals surface area (Å²) in [4.78, 5) is -1.19. The van der Waals surface area contributed by atoms with Crippen molar-refractivity contribution in [3.63, 3.8) is 0 Å². The van der Waals surface area contributed by atoms with Crippen LogP contribution >= 0.6 is 10.7 Å². The summed E-state index contributed by atoms with van der Waals surface area (Å²) in [5.41, 5.74) is -1.92. The molecule has 8 heteroatoms. The molecule has 0 N–H and O–H groups in total. The molecule has 0 radical (unpaired) electrons. The lowest BCUT2D eigenvalue weighted by Gasteiger charge is -2.12. The fraction of sp³-hybridized carbons (Fsp3) is 0.222. The van der Waals surface area contributed by atoms with Gasteiger partial charge in [-0.3, -0.25) is 0 Å². The third kappa shape index (κ3) is 2.90. The number of rotatable bonds is 1. The topological polar surface area (TPSA) is 57.9 Å². The highest BCUT2D eigenvalue weighted by molar-refractivity contribution is 8.13. The Morgan fingerprint density at radius 2 is 1.88 bits per heavy atom. The van der Waals surface area contributed by atoms with E-state index in [0.29, 0.717) is 6.07 Å².